The van der Waals surface area contributed by atoms with Crippen molar-refractivity contribution in [3.8, 4) is 0 Å². The summed E-state index contributed by atoms with van der Waals surface area (Å²) in [5, 5.41) is 2.83. The Morgan fingerprint density at radius 1 is 1.37 bits per heavy atom. The number of rotatable bonds is 6. The number of sulfonamides is 1. The number of carbonyl (C=O) groups excluding carboxylic acids is 1. The Morgan fingerprint density at radius 2 is 1.95 bits per heavy atom. The highest BCUT2D eigenvalue weighted by atomic mass is 32.2. The molecule has 19 heavy (non-hydrogen) atoms. The van der Waals surface area contributed by atoms with Crippen LogP contribution in [0.4, 0.5) is 0 Å². The minimum Gasteiger partial charge on any atom is -0.377 e. The number of ether oxygens (including phenoxy) is 1. The Bertz CT molecular complexity index is 387. The second-order valence-electron chi connectivity index (χ2n) is 5.15. The molecule has 1 aliphatic heterocycles. The van der Waals surface area contributed by atoms with Crippen LogP contribution in [-0.2, 0) is 19.6 Å². The van der Waals surface area contributed by atoms with E-state index in [0.29, 0.717) is 39.1 Å². The molecule has 0 aromatic rings. The van der Waals surface area contributed by atoms with E-state index in [9.17, 15) is 13.2 Å². The van der Waals surface area contributed by atoms with E-state index >= 15 is 0 Å². The van der Waals surface area contributed by atoms with Gasteiger partial charge in [0.2, 0.25) is 15.9 Å². The van der Waals surface area contributed by atoms with Crippen molar-refractivity contribution in [2.75, 3.05) is 32.5 Å². The summed E-state index contributed by atoms with van der Waals surface area (Å²) in [6.07, 6.45) is 2.54. The molecule has 0 radical (unpaired) electrons. The van der Waals surface area contributed by atoms with Crippen molar-refractivity contribution in [2.45, 2.75) is 32.8 Å². The van der Waals surface area contributed by atoms with Crippen LogP contribution in [0.1, 0.15) is 26.7 Å². The fourth-order valence-corrected chi connectivity index (χ4v) is 2.94. The van der Waals surface area contributed by atoms with E-state index in [2.05, 4.69) is 5.32 Å². The van der Waals surface area contributed by atoms with Crippen LogP contribution in [0.15, 0.2) is 0 Å². The van der Waals surface area contributed by atoms with Crippen LogP contribution in [0, 0.1) is 5.92 Å². The van der Waals surface area contributed by atoms with Gasteiger partial charge in [0, 0.05) is 25.6 Å². The summed E-state index contributed by atoms with van der Waals surface area (Å²) < 4.78 is 29.5. The molecule has 1 amide bonds. The first kappa shape index (κ1) is 16.4. The lowest BCUT2D eigenvalue weighted by Crippen LogP contribution is -2.43. The van der Waals surface area contributed by atoms with Gasteiger partial charge in [-0.3, -0.25) is 4.79 Å². The van der Waals surface area contributed by atoms with E-state index in [-0.39, 0.29) is 17.9 Å². The molecule has 1 fully saturated rings. The maximum Gasteiger partial charge on any atom is 0.223 e. The van der Waals surface area contributed by atoms with Crippen molar-refractivity contribution in [3.05, 3.63) is 0 Å². The number of carbonyl (C=O) groups is 1. The van der Waals surface area contributed by atoms with Crippen molar-refractivity contribution in [2.24, 2.45) is 5.92 Å². The zero-order valence-electron chi connectivity index (χ0n) is 11.9. The number of nitrogens with zero attached hydrogens (tertiary/aromatic N) is 1. The summed E-state index contributed by atoms with van der Waals surface area (Å²) >= 11 is 0. The summed E-state index contributed by atoms with van der Waals surface area (Å²) in [6.45, 7) is 5.76. The van der Waals surface area contributed by atoms with Crippen molar-refractivity contribution >= 4 is 15.9 Å². The number of piperidine rings is 1. The summed E-state index contributed by atoms with van der Waals surface area (Å²) in [7, 11) is -3.12. The molecular weight excluding hydrogens is 268 g/mol. The minimum atomic E-state index is -3.12. The Labute approximate surface area is 115 Å². The highest BCUT2D eigenvalue weighted by molar-refractivity contribution is 7.88. The molecule has 7 heteroatoms. The molecule has 6 nitrogen and oxygen atoms in total. The van der Waals surface area contributed by atoms with E-state index < -0.39 is 10.0 Å². The second-order valence-corrected chi connectivity index (χ2v) is 7.13. The number of hydrogen-bond acceptors (Lipinski definition) is 4. The minimum absolute atomic E-state index is 0.000470. The summed E-state index contributed by atoms with van der Waals surface area (Å²) in [6, 6.07) is 0. The van der Waals surface area contributed by atoms with Gasteiger partial charge in [0.1, 0.15) is 0 Å². The van der Waals surface area contributed by atoms with E-state index in [1.807, 2.05) is 13.8 Å². The third-order valence-corrected chi connectivity index (χ3v) is 4.45. The fourth-order valence-electron chi connectivity index (χ4n) is 2.06. The third-order valence-electron chi connectivity index (χ3n) is 3.15. The average molecular weight is 292 g/mol. The number of amides is 1. The van der Waals surface area contributed by atoms with Crippen LogP contribution in [0.3, 0.4) is 0 Å². The quantitative estimate of drug-likeness (QED) is 0.710. The van der Waals surface area contributed by atoms with Crippen LogP contribution >= 0.6 is 0 Å². The van der Waals surface area contributed by atoms with Gasteiger partial charge in [0.25, 0.3) is 0 Å². The van der Waals surface area contributed by atoms with E-state index in [0.717, 1.165) is 0 Å². The lowest BCUT2D eigenvalue weighted by atomic mass is 9.97. The van der Waals surface area contributed by atoms with Crippen LogP contribution in [-0.4, -0.2) is 57.2 Å². The largest absolute Gasteiger partial charge is 0.377 e. The average Bonchev–Trinajstić information content (AvgIpc) is 2.33. The van der Waals surface area contributed by atoms with Crippen LogP contribution in [0.5, 0.6) is 0 Å². The SMILES string of the molecule is CC(C)OCCNC(=O)C1CCN(S(C)(=O)=O)CC1. The van der Waals surface area contributed by atoms with Gasteiger partial charge >= 0.3 is 0 Å². The molecule has 0 atom stereocenters. The Morgan fingerprint density at radius 3 is 2.42 bits per heavy atom. The predicted octanol–water partition coefficient (Wildman–Crippen LogP) is 0.199. The maximum atomic E-state index is 11.9. The number of hydrogen-bond donors (Lipinski definition) is 1. The zero-order valence-corrected chi connectivity index (χ0v) is 12.7. The first-order valence-electron chi connectivity index (χ1n) is 6.65. The van der Waals surface area contributed by atoms with Gasteiger partial charge in [-0.1, -0.05) is 0 Å². The Hall–Kier alpha value is -0.660. The third kappa shape index (κ3) is 5.88. The van der Waals surface area contributed by atoms with Gasteiger partial charge in [-0.25, -0.2) is 12.7 Å². The first-order chi connectivity index (χ1) is 8.80. The molecule has 0 bridgehead atoms. The smallest absolute Gasteiger partial charge is 0.223 e. The Balaban J connectivity index is 2.25. The highest BCUT2D eigenvalue weighted by Crippen LogP contribution is 2.19. The molecule has 1 rings (SSSR count). The monoisotopic (exact) mass is 292 g/mol. The van der Waals surface area contributed by atoms with Gasteiger partial charge in [-0.15, -0.1) is 0 Å². The van der Waals surface area contributed by atoms with Crippen LogP contribution in [0.2, 0.25) is 0 Å². The van der Waals surface area contributed by atoms with E-state index in [1.54, 1.807) is 0 Å². The summed E-state index contributed by atoms with van der Waals surface area (Å²) in [5.74, 6) is -0.0856. The molecule has 0 aromatic heterocycles. The summed E-state index contributed by atoms with van der Waals surface area (Å²) in [5.41, 5.74) is 0. The van der Waals surface area contributed by atoms with Crippen molar-refractivity contribution in [1.29, 1.82) is 0 Å². The molecule has 1 heterocycles. The van der Waals surface area contributed by atoms with Crippen LogP contribution < -0.4 is 5.32 Å². The Kier molecular flexibility index (Phi) is 6.22. The molecule has 1 N–H and O–H groups in total. The topological polar surface area (TPSA) is 75.7 Å². The highest BCUT2D eigenvalue weighted by Gasteiger charge is 2.28. The van der Waals surface area contributed by atoms with Gasteiger partial charge in [-0.05, 0) is 26.7 Å². The maximum absolute atomic E-state index is 11.9. The van der Waals surface area contributed by atoms with Crippen molar-refractivity contribution in [3.63, 3.8) is 0 Å². The normalized spacial score (nSPS) is 18.7. The zero-order chi connectivity index (χ0) is 14.5. The van der Waals surface area contributed by atoms with Gasteiger partial charge < -0.3 is 10.1 Å². The lowest BCUT2D eigenvalue weighted by molar-refractivity contribution is -0.126. The van der Waals surface area contributed by atoms with E-state index in [4.69, 9.17) is 4.74 Å². The standard InChI is InChI=1S/C12H24N2O4S/c1-10(2)18-9-6-13-12(15)11-4-7-14(8-5-11)19(3,16)17/h10-11H,4-9H2,1-3H3,(H,13,15). The van der Waals surface area contributed by atoms with Crippen molar-refractivity contribution in [1.82, 2.24) is 9.62 Å². The molecule has 0 aliphatic carbocycles. The molecule has 1 saturated heterocycles. The van der Waals surface area contributed by atoms with Gasteiger partial charge in [-0.2, -0.15) is 0 Å². The number of nitrogens with one attached hydrogen (secondary N) is 1. The molecule has 0 saturated carbocycles. The molecular formula is C12H24N2O4S. The lowest BCUT2D eigenvalue weighted by Gasteiger charge is -2.29. The molecule has 112 valence electrons. The molecule has 0 spiro atoms. The molecule has 0 aromatic carbocycles. The molecule has 0 unspecified atom stereocenters. The molecule has 1 aliphatic rings. The van der Waals surface area contributed by atoms with Crippen molar-refractivity contribution < 1.29 is 17.9 Å². The van der Waals surface area contributed by atoms with Gasteiger partial charge in [0.15, 0.2) is 0 Å². The predicted molar refractivity (Wildman–Crippen MR) is 73.2 cm³/mol. The fraction of sp³-hybridized carbons (Fsp3) is 0.917. The van der Waals surface area contributed by atoms with Gasteiger partial charge in [0.05, 0.1) is 19.0 Å². The van der Waals surface area contributed by atoms with Crippen LogP contribution in [0.25, 0.3) is 0 Å². The van der Waals surface area contributed by atoms with E-state index in [1.165, 1.54) is 10.6 Å². The summed E-state index contributed by atoms with van der Waals surface area (Å²) in [4.78, 5) is 11.9. The first-order valence-corrected chi connectivity index (χ1v) is 8.50. The second kappa shape index (κ2) is 7.21.